The average molecular weight is 750 g/mol. The summed E-state index contributed by atoms with van der Waals surface area (Å²) in [6.45, 7) is 8.41. The van der Waals surface area contributed by atoms with Crippen LogP contribution in [0.3, 0.4) is 0 Å². The number of rotatable bonds is 7. The summed E-state index contributed by atoms with van der Waals surface area (Å²) in [4.78, 5) is 26.1. The predicted molar refractivity (Wildman–Crippen MR) is 235 cm³/mol. The van der Waals surface area contributed by atoms with E-state index in [-0.39, 0.29) is 0 Å². The van der Waals surface area contributed by atoms with E-state index >= 15 is 0 Å². The van der Waals surface area contributed by atoms with Crippen LogP contribution in [-0.4, -0.2) is 34.1 Å². The van der Waals surface area contributed by atoms with Crippen LogP contribution in [0.1, 0.15) is 22.3 Å². The van der Waals surface area contributed by atoms with E-state index in [0.29, 0.717) is 17.5 Å². The standard InChI is InChI=1S/C51H39N7/c1-32-19-23-36(24-20-32)47-54-48(37-25-21-33(2)22-26-37)56-49(55-47)38-29-39(50-52-43-15-5-7-17-45(43)57(50)41-13-9-11-34(3)27-41)31-40(30-38)51-53-44-16-6-8-18-46(44)58(51)42-14-10-12-35(4)28-42/h5-31H,1-4H3. The Hall–Kier alpha value is -7.51. The summed E-state index contributed by atoms with van der Waals surface area (Å²) >= 11 is 0. The molecular formula is C51H39N7. The van der Waals surface area contributed by atoms with Gasteiger partial charge in [0.25, 0.3) is 0 Å². The smallest absolute Gasteiger partial charge is 0.164 e. The van der Waals surface area contributed by atoms with E-state index in [1.54, 1.807) is 0 Å². The van der Waals surface area contributed by atoms with Crippen molar-refractivity contribution in [1.29, 1.82) is 0 Å². The van der Waals surface area contributed by atoms with Crippen LogP contribution in [0.2, 0.25) is 0 Å². The van der Waals surface area contributed by atoms with Crippen LogP contribution in [0, 0.1) is 27.7 Å². The molecule has 0 bridgehead atoms. The van der Waals surface area contributed by atoms with Crippen molar-refractivity contribution in [3.05, 3.63) is 186 Å². The summed E-state index contributed by atoms with van der Waals surface area (Å²) in [6.07, 6.45) is 0. The molecule has 0 radical (unpaired) electrons. The van der Waals surface area contributed by atoms with Gasteiger partial charge in [-0.05, 0) is 106 Å². The van der Waals surface area contributed by atoms with Crippen molar-refractivity contribution in [2.75, 3.05) is 0 Å². The molecule has 7 aromatic carbocycles. The number of aromatic nitrogens is 7. The largest absolute Gasteiger partial charge is 0.292 e. The Morgan fingerprint density at radius 1 is 0.310 bits per heavy atom. The monoisotopic (exact) mass is 749 g/mol. The fourth-order valence-electron chi connectivity index (χ4n) is 7.68. The van der Waals surface area contributed by atoms with Gasteiger partial charge in [0, 0.05) is 39.2 Å². The van der Waals surface area contributed by atoms with Gasteiger partial charge in [-0.1, -0.05) is 108 Å². The van der Waals surface area contributed by atoms with Gasteiger partial charge in [0.05, 0.1) is 22.1 Å². The summed E-state index contributed by atoms with van der Waals surface area (Å²) in [5.74, 6) is 3.37. The molecule has 58 heavy (non-hydrogen) atoms. The van der Waals surface area contributed by atoms with Gasteiger partial charge in [-0.2, -0.15) is 0 Å². The van der Waals surface area contributed by atoms with E-state index in [2.05, 4.69) is 188 Å². The highest BCUT2D eigenvalue weighted by atomic mass is 15.1. The lowest BCUT2D eigenvalue weighted by atomic mass is 10.0. The summed E-state index contributed by atoms with van der Waals surface area (Å²) in [5, 5.41) is 0. The van der Waals surface area contributed by atoms with Gasteiger partial charge in [0.2, 0.25) is 0 Å². The topological polar surface area (TPSA) is 74.3 Å². The molecule has 0 fully saturated rings. The van der Waals surface area contributed by atoms with E-state index in [1.807, 2.05) is 12.1 Å². The van der Waals surface area contributed by atoms with Crippen molar-refractivity contribution in [3.63, 3.8) is 0 Å². The van der Waals surface area contributed by atoms with Crippen molar-refractivity contribution >= 4 is 22.1 Å². The lowest BCUT2D eigenvalue weighted by Gasteiger charge is -2.15. The van der Waals surface area contributed by atoms with Crippen LogP contribution in [0.25, 0.3) is 90.4 Å². The molecule has 0 saturated heterocycles. The minimum atomic E-state index is 0.556. The van der Waals surface area contributed by atoms with Gasteiger partial charge in [-0.25, -0.2) is 24.9 Å². The van der Waals surface area contributed by atoms with Crippen LogP contribution < -0.4 is 0 Å². The number of nitrogens with zero attached hydrogens (tertiary/aromatic N) is 7. The number of aryl methyl sites for hydroxylation is 4. The van der Waals surface area contributed by atoms with Crippen molar-refractivity contribution in [1.82, 2.24) is 34.1 Å². The Bertz CT molecular complexity index is 2950. The van der Waals surface area contributed by atoms with Crippen LogP contribution in [0.4, 0.5) is 0 Å². The summed E-state index contributed by atoms with van der Waals surface area (Å²) < 4.78 is 4.50. The molecule has 278 valence electrons. The number of fused-ring (bicyclic) bond motifs is 2. The highest BCUT2D eigenvalue weighted by Gasteiger charge is 2.22. The fraction of sp³-hybridized carbons (Fsp3) is 0.0784. The molecule has 0 unspecified atom stereocenters. The van der Waals surface area contributed by atoms with E-state index in [0.717, 1.165) is 72.9 Å². The van der Waals surface area contributed by atoms with E-state index in [9.17, 15) is 0 Å². The SMILES string of the molecule is Cc1ccc(-c2nc(-c3ccc(C)cc3)nc(-c3cc(-c4nc5ccccc5n4-c4cccc(C)c4)cc(-c4nc5ccccc5n4-c4cccc(C)c4)c3)n2)cc1. The highest BCUT2D eigenvalue weighted by molar-refractivity contribution is 5.88. The molecule has 3 heterocycles. The minimum absolute atomic E-state index is 0.556. The first-order valence-electron chi connectivity index (χ1n) is 19.5. The Labute approximate surface area is 337 Å². The summed E-state index contributed by atoms with van der Waals surface area (Å²) in [7, 11) is 0. The van der Waals surface area contributed by atoms with Gasteiger partial charge in [-0.15, -0.1) is 0 Å². The molecule has 10 aromatic rings. The number of para-hydroxylation sites is 4. The van der Waals surface area contributed by atoms with Crippen LogP contribution in [0.5, 0.6) is 0 Å². The second-order valence-corrected chi connectivity index (χ2v) is 15.0. The lowest BCUT2D eigenvalue weighted by molar-refractivity contribution is 1.07. The Morgan fingerprint density at radius 3 is 1.14 bits per heavy atom. The first-order chi connectivity index (χ1) is 28.3. The number of benzene rings is 7. The normalized spacial score (nSPS) is 11.4. The third kappa shape index (κ3) is 6.42. The minimum Gasteiger partial charge on any atom is -0.292 e. The summed E-state index contributed by atoms with van der Waals surface area (Å²) in [5.41, 5.74) is 15.1. The molecule has 7 nitrogen and oxygen atoms in total. The maximum Gasteiger partial charge on any atom is 0.164 e. The zero-order valence-electron chi connectivity index (χ0n) is 32.7. The summed E-state index contributed by atoms with van der Waals surface area (Å²) in [6, 6.07) is 56.9. The maximum absolute atomic E-state index is 5.32. The van der Waals surface area contributed by atoms with Crippen molar-refractivity contribution in [2.45, 2.75) is 27.7 Å². The Kier molecular flexibility index (Phi) is 8.56. The zero-order valence-corrected chi connectivity index (χ0v) is 32.7. The van der Waals surface area contributed by atoms with Gasteiger partial charge in [0.1, 0.15) is 11.6 Å². The van der Waals surface area contributed by atoms with Gasteiger partial charge in [-0.3, -0.25) is 9.13 Å². The molecule has 0 N–H and O–H groups in total. The molecule has 0 aliphatic carbocycles. The third-order valence-electron chi connectivity index (χ3n) is 10.6. The Balaban J connectivity index is 1.28. The second-order valence-electron chi connectivity index (χ2n) is 15.0. The van der Waals surface area contributed by atoms with Gasteiger partial charge >= 0.3 is 0 Å². The molecular weight excluding hydrogens is 711 g/mol. The predicted octanol–water partition coefficient (Wildman–Crippen LogP) is 12.1. The van der Waals surface area contributed by atoms with Crippen LogP contribution in [0.15, 0.2) is 164 Å². The van der Waals surface area contributed by atoms with Crippen LogP contribution >= 0.6 is 0 Å². The van der Waals surface area contributed by atoms with Gasteiger partial charge < -0.3 is 0 Å². The lowest BCUT2D eigenvalue weighted by Crippen LogP contribution is -2.03. The molecule has 0 amide bonds. The highest BCUT2D eigenvalue weighted by Crippen LogP contribution is 2.37. The average Bonchev–Trinajstić information content (AvgIpc) is 3.84. The molecule has 3 aromatic heterocycles. The second kappa shape index (κ2) is 14.2. The molecule has 0 atom stereocenters. The molecule has 10 rings (SSSR count). The third-order valence-corrected chi connectivity index (χ3v) is 10.6. The van der Waals surface area contributed by atoms with Gasteiger partial charge in [0.15, 0.2) is 17.5 Å². The molecule has 0 saturated carbocycles. The molecule has 0 aliphatic rings. The van der Waals surface area contributed by atoms with Crippen LogP contribution in [-0.2, 0) is 0 Å². The van der Waals surface area contributed by atoms with Crippen molar-refractivity contribution < 1.29 is 0 Å². The molecule has 0 aliphatic heterocycles. The maximum atomic E-state index is 5.32. The fourth-order valence-corrected chi connectivity index (χ4v) is 7.68. The number of hydrogen-bond acceptors (Lipinski definition) is 5. The van der Waals surface area contributed by atoms with Crippen molar-refractivity contribution in [3.8, 4) is 68.3 Å². The van der Waals surface area contributed by atoms with E-state index in [1.165, 1.54) is 22.3 Å². The molecule has 7 heteroatoms. The quantitative estimate of drug-likeness (QED) is 0.162. The number of hydrogen-bond donors (Lipinski definition) is 0. The van der Waals surface area contributed by atoms with Crippen molar-refractivity contribution in [2.24, 2.45) is 0 Å². The molecule has 0 spiro atoms. The van der Waals surface area contributed by atoms with E-state index < -0.39 is 0 Å². The van der Waals surface area contributed by atoms with E-state index in [4.69, 9.17) is 24.9 Å². The Morgan fingerprint density at radius 2 is 0.707 bits per heavy atom. The number of imidazole rings is 2. The first-order valence-corrected chi connectivity index (χ1v) is 19.5. The first kappa shape index (κ1) is 34.9. The zero-order chi connectivity index (χ0) is 39.3.